The predicted octanol–water partition coefficient (Wildman–Crippen LogP) is 4.60. The van der Waals surface area contributed by atoms with Crippen molar-refractivity contribution in [1.82, 2.24) is 9.88 Å². The monoisotopic (exact) mass is 422 g/mol. The number of fused-ring (bicyclic) bond motifs is 1. The van der Waals surface area contributed by atoms with Gasteiger partial charge < -0.3 is 14.4 Å². The number of carbonyl (C=O) groups is 2. The van der Waals surface area contributed by atoms with Crippen molar-refractivity contribution in [2.45, 2.75) is 38.5 Å². The molecular formula is C24H26N2O3S. The highest BCUT2D eigenvalue weighted by Gasteiger charge is 2.26. The molecule has 1 aromatic heterocycles. The van der Waals surface area contributed by atoms with Crippen molar-refractivity contribution in [3.63, 3.8) is 0 Å². The molecule has 156 valence electrons. The Kier molecular flexibility index (Phi) is 6.43. The zero-order valence-electron chi connectivity index (χ0n) is 17.2. The molecule has 5 nitrogen and oxygen atoms in total. The van der Waals surface area contributed by atoms with E-state index in [2.05, 4.69) is 12.1 Å². The number of carbonyl (C=O) groups excluding carboxylic acids is 2. The van der Waals surface area contributed by atoms with E-state index in [1.807, 2.05) is 41.3 Å². The fourth-order valence-electron chi connectivity index (χ4n) is 3.75. The van der Waals surface area contributed by atoms with Crippen molar-refractivity contribution in [2.75, 3.05) is 19.7 Å². The van der Waals surface area contributed by atoms with E-state index >= 15 is 0 Å². The van der Waals surface area contributed by atoms with Gasteiger partial charge in [0.25, 0.3) is 5.91 Å². The highest BCUT2D eigenvalue weighted by Crippen LogP contribution is 2.33. The number of para-hydroxylation sites is 1. The summed E-state index contributed by atoms with van der Waals surface area (Å²) in [5.74, 6) is 1.32. The molecule has 1 aliphatic heterocycles. The Bertz CT molecular complexity index is 987. The van der Waals surface area contributed by atoms with Crippen LogP contribution in [-0.4, -0.2) is 41.3 Å². The highest BCUT2D eigenvalue weighted by molar-refractivity contribution is 7.18. The second-order valence-corrected chi connectivity index (χ2v) is 8.87. The van der Waals surface area contributed by atoms with Gasteiger partial charge in [-0.2, -0.15) is 0 Å². The SMILES string of the molecule is CC(=O)CCc1ccc(OCC(=O)N2CCC(c3nc4ccccc4s3)CC2)cc1. The Morgan fingerprint density at radius 1 is 1.10 bits per heavy atom. The van der Waals surface area contributed by atoms with E-state index in [4.69, 9.17) is 9.72 Å². The van der Waals surface area contributed by atoms with Gasteiger partial charge in [0, 0.05) is 25.4 Å². The van der Waals surface area contributed by atoms with Crippen LogP contribution in [0.1, 0.15) is 42.7 Å². The molecule has 0 spiro atoms. The number of ether oxygens (including phenoxy) is 1. The lowest BCUT2D eigenvalue weighted by Crippen LogP contribution is -2.40. The van der Waals surface area contributed by atoms with Crippen molar-refractivity contribution in [3.05, 3.63) is 59.1 Å². The van der Waals surface area contributed by atoms with Crippen LogP contribution in [0, 0.1) is 0 Å². The minimum absolute atomic E-state index is 0.0263. The van der Waals surface area contributed by atoms with Gasteiger partial charge in [-0.15, -0.1) is 11.3 Å². The van der Waals surface area contributed by atoms with Crippen molar-refractivity contribution in [1.29, 1.82) is 0 Å². The number of hydrogen-bond acceptors (Lipinski definition) is 5. The molecule has 30 heavy (non-hydrogen) atoms. The van der Waals surface area contributed by atoms with Crippen LogP contribution in [-0.2, 0) is 16.0 Å². The maximum atomic E-state index is 12.6. The topological polar surface area (TPSA) is 59.5 Å². The van der Waals surface area contributed by atoms with E-state index < -0.39 is 0 Å². The molecule has 6 heteroatoms. The third kappa shape index (κ3) is 5.05. The molecule has 1 amide bonds. The lowest BCUT2D eigenvalue weighted by Gasteiger charge is -2.31. The van der Waals surface area contributed by atoms with Crippen LogP contribution >= 0.6 is 11.3 Å². The summed E-state index contributed by atoms with van der Waals surface area (Å²) in [5, 5.41) is 1.18. The normalized spacial score (nSPS) is 14.8. The molecule has 4 rings (SSSR count). The van der Waals surface area contributed by atoms with Gasteiger partial charge in [-0.1, -0.05) is 24.3 Å². The molecule has 0 atom stereocenters. The molecule has 0 radical (unpaired) electrons. The molecule has 0 aliphatic carbocycles. The Labute approximate surface area is 180 Å². The average Bonchev–Trinajstić information content (AvgIpc) is 3.21. The van der Waals surface area contributed by atoms with Gasteiger partial charge in [0.05, 0.1) is 15.2 Å². The number of Topliss-reactive ketones (excluding diaryl/α,β-unsaturated/α-hetero) is 1. The first-order valence-electron chi connectivity index (χ1n) is 10.4. The number of nitrogens with zero attached hydrogens (tertiary/aromatic N) is 2. The standard InChI is InChI=1S/C24H26N2O3S/c1-17(27)6-7-18-8-10-20(11-9-18)29-16-23(28)26-14-12-19(13-15-26)24-25-21-4-2-3-5-22(21)30-24/h2-5,8-11,19H,6-7,12-16H2,1H3. The van der Waals surface area contributed by atoms with Crippen LogP contribution in [0.15, 0.2) is 48.5 Å². The fraction of sp³-hybridized carbons (Fsp3) is 0.375. The number of rotatable bonds is 7. The molecule has 0 unspecified atom stereocenters. The van der Waals surface area contributed by atoms with Crippen molar-refractivity contribution in [3.8, 4) is 5.75 Å². The number of thiazole rings is 1. The van der Waals surface area contributed by atoms with Crippen LogP contribution in [0.5, 0.6) is 5.75 Å². The second-order valence-electron chi connectivity index (χ2n) is 7.81. The Balaban J connectivity index is 1.24. The van der Waals surface area contributed by atoms with Crippen LogP contribution < -0.4 is 4.74 Å². The van der Waals surface area contributed by atoms with E-state index in [9.17, 15) is 9.59 Å². The largest absolute Gasteiger partial charge is 0.484 e. The van der Waals surface area contributed by atoms with Gasteiger partial charge >= 0.3 is 0 Å². The number of ketones is 1. The third-order valence-corrected chi connectivity index (χ3v) is 6.76. The van der Waals surface area contributed by atoms with Gasteiger partial charge in [0.15, 0.2) is 6.61 Å². The van der Waals surface area contributed by atoms with Gasteiger partial charge in [0.1, 0.15) is 11.5 Å². The van der Waals surface area contributed by atoms with Gasteiger partial charge in [-0.3, -0.25) is 4.79 Å². The maximum Gasteiger partial charge on any atom is 0.260 e. The zero-order chi connectivity index (χ0) is 20.9. The van der Waals surface area contributed by atoms with Crippen molar-refractivity contribution >= 4 is 33.2 Å². The lowest BCUT2D eigenvalue weighted by molar-refractivity contribution is -0.134. The lowest BCUT2D eigenvalue weighted by atomic mass is 9.97. The summed E-state index contributed by atoms with van der Waals surface area (Å²) in [6, 6.07) is 15.9. The first-order chi connectivity index (χ1) is 14.6. The molecule has 0 bridgehead atoms. The van der Waals surface area contributed by atoms with Gasteiger partial charge in [-0.25, -0.2) is 4.98 Å². The minimum atomic E-state index is 0.0263. The van der Waals surface area contributed by atoms with Crippen molar-refractivity contribution in [2.24, 2.45) is 0 Å². The van der Waals surface area contributed by atoms with E-state index in [0.29, 0.717) is 18.1 Å². The summed E-state index contributed by atoms with van der Waals surface area (Å²) in [5.41, 5.74) is 2.16. The summed E-state index contributed by atoms with van der Waals surface area (Å²) < 4.78 is 6.91. The summed E-state index contributed by atoms with van der Waals surface area (Å²) >= 11 is 1.77. The van der Waals surface area contributed by atoms with Crippen LogP contribution in [0.4, 0.5) is 0 Å². The molecule has 3 aromatic rings. The van der Waals surface area contributed by atoms with Gasteiger partial charge in [-0.05, 0) is 56.0 Å². The summed E-state index contributed by atoms with van der Waals surface area (Å²) in [4.78, 5) is 30.3. The second kappa shape index (κ2) is 9.39. The molecule has 2 heterocycles. The van der Waals surface area contributed by atoms with E-state index in [0.717, 1.165) is 43.4 Å². The number of amides is 1. The molecule has 2 aromatic carbocycles. The minimum Gasteiger partial charge on any atom is -0.484 e. The predicted molar refractivity (Wildman–Crippen MR) is 119 cm³/mol. The van der Waals surface area contributed by atoms with E-state index in [-0.39, 0.29) is 18.3 Å². The molecular weight excluding hydrogens is 396 g/mol. The summed E-state index contributed by atoms with van der Waals surface area (Å²) in [6.07, 6.45) is 3.16. The van der Waals surface area contributed by atoms with E-state index in [1.54, 1.807) is 18.3 Å². The summed E-state index contributed by atoms with van der Waals surface area (Å²) in [7, 11) is 0. The van der Waals surface area contributed by atoms with Gasteiger partial charge in [0.2, 0.25) is 0 Å². The van der Waals surface area contributed by atoms with Crippen molar-refractivity contribution < 1.29 is 14.3 Å². The molecule has 0 N–H and O–H groups in total. The third-order valence-electron chi connectivity index (χ3n) is 5.56. The van der Waals surface area contributed by atoms with Crippen LogP contribution in [0.25, 0.3) is 10.2 Å². The molecule has 1 aliphatic rings. The Hall–Kier alpha value is -2.73. The molecule has 0 saturated carbocycles. The first-order valence-corrected chi connectivity index (χ1v) is 11.2. The number of hydrogen-bond donors (Lipinski definition) is 0. The van der Waals surface area contributed by atoms with Crippen LogP contribution in [0.2, 0.25) is 0 Å². The quantitative estimate of drug-likeness (QED) is 0.558. The summed E-state index contributed by atoms with van der Waals surface area (Å²) in [6.45, 7) is 3.14. The number of aryl methyl sites for hydroxylation is 1. The Morgan fingerprint density at radius 3 is 2.53 bits per heavy atom. The fourth-order valence-corrected chi connectivity index (χ4v) is 4.89. The first kappa shape index (κ1) is 20.5. The highest BCUT2D eigenvalue weighted by atomic mass is 32.1. The molecule has 1 fully saturated rings. The van der Waals surface area contributed by atoms with Crippen LogP contribution in [0.3, 0.4) is 0 Å². The maximum absolute atomic E-state index is 12.6. The zero-order valence-corrected chi connectivity index (χ0v) is 18.0. The number of aromatic nitrogens is 1. The smallest absolute Gasteiger partial charge is 0.260 e. The Morgan fingerprint density at radius 2 is 1.83 bits per heavy atom. The average molecular weight is 423 g/mol. The number of benzene rings is 2. The molecule has 1 saturated heterocycles. The number of likely N-dealkylation sites (tertiary alicyclic amines) is 1. The van der Waals surface area contributed by atoms with E-state index in [1.165, 1.54) is 9.71 Å². The number of piperidine rings is 1.